The third kappa shape index (κ3) is 2.26. The van der Waals surface area contributed by atoms with Crippen LogP contribution in [0.5, 0.6) is 0 Å². The van der Waals surface area contributed by atoms with Crippen LogP contribution in [-0.4, -0.2) is 64.5 Å². The first-order valence-corrected chi connectivity index (χ1v) is 5.44. The molecule has 2 aliphatic heterocycles. The maximum absolute atomic E-state index is 10.9. The van der Waals surface area contributed by atoms with E-state index in [1.807, 2.05) is 0 Å². The number of nitrogens with zero attached hydrogens (tertiary/aromatic N) is 3. The molecule has 9 heteroatoms. The summed E-state index contributed by atoms with van der Waals surface area (Å²) in [5.41, 5.74) is 8.33. The molecular weight excluding hydrogens is 246 g/mol. The number of carboxylic acid groups (broad SMARTS) is 1. The summed E-state index contributed by atoms with van der Waals surface area (Å²) in [5.74, 6) is -1.36. The highest BCUT2D eigenvalue weighted by Crippen LogP contribution is 2.30. The van der Waals surface area contributed by atoms with Crippen LogP contribution >= 0.6 is 0 Å². The molecule has 0 spiro atoms. The van der Waals surface area contributed by atoms with E-state index < -0.39 is 42.5 Å². The quantitative estimate of drug-likeness (QED) is 0.330. The molecule has 9 nitrogen and oxygen atoms in total. The summed E-state index contributed by atoms with van der Waals surface area (Å²) < 4.78 is 10.5. The van der Waals surface area contributed by atoms with E-state index in [1.54, 1.807) is 0 Å². The molecule has 2 saturated heterocycles. The van der Waals surface area contributed by atoms with Crippen molar-refractivity contribution in [3.05, 3.63) is 10.4 Å². The lowest BCUT2D eigenvalue weighted by Gasteiger charge is -2.44. The van der Waals surface area contributed by atoms with Crippen molar-refractivity contribution in [2.45, 2.75) is 43.0 Å². The zero-order valence-corrected chi connectivity index (χ0v) is 9.29. The lowest BCUT2D eigenvalue weighted by Crippen LogP contribution is -2.62. The molecule has 2 fully saturated rings. The van der Waals surface area contributed by atoms with E-state index in [0.717, 1.165) is 0 Å². The van der Waals surface area contributed by atoms with Crippen molar-refractivity contribution in [2.24, 2.45) is 5.11 Å². The third-order valence-corrected chi connectivity index (χ3v) is 3.13. The van der Waals surface area contributed by atoms with Gasteiger partial charge in [-0.15, -0.1) is 0 Å². The van der Waals surface area contributed by atoms with E-state index in [9.17, 15) is 15.0 Å². The second kappa shape index (κ2) is 5.09. The molecule has 100 valence electrons. The summed E-state index contributed by atoms with van der Waals surface area (Å²) in [4.78, 5) is 13.5. The van der Waals surface area contributed by atoms with Crippen molar-refractivity contribution >= 4 is 5.97 Å². The minimum absolute atomic E-state index is 0.107. The number of ether oxygens (including phenoxy) is 2. The number of carboxylic acids is 1. The molecule has 0 aliphatic carbocycles. The fraction of sp³-hybridized carbons (Fsp3) is 0.889. The zero-order chi connectivity index (χ0) is 13.3. The summed E-state index contributed by atoms with van der Waals surface area (Å²) in [6.45, 7) is 0.107. The Morgan fingerprint density at radius 1 is 1.39 bits per heavy atom. The van der Waals surface area contributed by atoms with Gasteiger partial charge >= 0.3 is 5.97 Å². The van der Waals surface area contributed by atoms with Crippen LogP contribution in [0.1, 0.15) is 6.42 Å². The van der Waals surface area contributed by atoms with Gasteiger partial charge < -0.3 is 24.8 Å². The van der Waals surface area contributed by atoms with Crippen LogP contribution in [0.25, 0.3) is 10.4 Å². The molecule has 18 heavy (non-hydrogen) atoms. The highest BCUT2D eigenvalue weighted by atomic mass is 16.6. The Morgan fingerprint density at radius 2 is 2.11 bits per heavy atom. The fourth-order valence-corrected chi connectivity index (χ4v) is 2.25. The predicted octanol–water partition coefficient (Wildman–Crippen LogP) is -0.972. The number of hydrogen-bond donors (Lipinski definition) is 3. The normalized spacial score (nSPS) is 43.7. The van der Waals surface area contributed by atoms with E-state index in [0.29, 0.717) is 0 Å². The van der Waals surface area contributed by atoms with Gasteiger partial charge in [0.05, 0.1) is 18.8 Å². The molecule has 0 aromatic rings. The lowest BCUT2D eigenvalue weighted by atomic mass is 9.90. The number of carbonyl (C=O) groups is 1. The molecule has 0 unspecified atom stereocenters. The standard InChI is InChI=1S/C9H13N3O6/c10-12-11-3-1-4-7(17-2-3)5(13)6(14)8(18-4)9(15)16/h3-8,13-14H,1-2H2,(H,15,16)/t3-,4+,5-,6-,7-,8-/m0/s1. The van der Waals surface area contributed by atoms with Gasteiger partial charge in [-0.3, -0.25) is 0 Å². The topological polar surface area (TPSA) is 145 Å². The predicted molar refractivity (Wildman–Crippen MR) is 55.6 cm³/mol. The van der Waals surface area contributed by atoms with E-state index in [4.69, 9.17) is 20.1 Å². The average molecular weight is 259 g/mol. The second-order valence-electron chi connectivity index (χ2n) is 4.31. The van der Waals surface area contributed by atoms with E-state index in [2.05, 4.69) is 10.0 Å². The van der Waals surface area contributed by atoms with Gasteiger partial charge in [-0.1, -0.05) is 5.11 Å². The first-order valence-electron chi connectivity index (χ1n) is 5.44. The molecule has 0 aromatic heterocycles. The Morgan fingerprint density at radius 3 is 2.72 bits per heavy atom. The van der Waals surface area contributed by atoms with Gasteiger partial charge in [0.15, 0.2) is 6.10 Å². The van der Waals surface area contributed by atoms with Crippen molar-refractivity contribution in [1.29, 1.82) is 0 Å². The Bertz CT molecular complexity index is 384. The summed E-state index contributed by atoms with van der Waals surface area (Å²) in [5, 5.41) is 31.7. The van der Waals surface area contributed by atoms with Crippen LogP contribution in [0.15, 0.2) is 5.11 Å². The van der Waals surface area contributed by atoms with Gasteiger partial charge in [0.1, 0.15) is 18.3 Å². The monoisotopic (exact) mass is 259 g/mol. The number of aliphatic hydroxyl groups excluding tert-OH is 2. The summed E-state index contributed by atoms with van der Waals surface area (Å²) in [6, 6.07) is -0.465. The molecule has 0 bridgehead atoms. The lowest BCUT2D eigenvalue weighted by molar-refractivity contribution is -0.252. The third-order valence-electron chi connectivity index (χ3n) is 3.13. The molecular formula is C9H13N3O6. The Hall–Kier alpha value is -1.38. The van der Waals surface area contributed by atoms with Crippen molar-refractivity contribution in [1.82, 2.24) is 0 Å². The van der Waals surface area contributed by atoms with Crippen LogP contribution in [-0.2, 0) is 14.3 Å². The van der Waals surface area contributed by atoms with Gasteiger partial charge in [0.2, 0.25) is 0 Å². The van der Waals surface area contributed by atoms with Gasteiger partial charge in [-0.25, -0.2) is 4.79 Å². The van der Waals surface area contributed by atoms with Crippen LogP contribution in [0.2, 0.25) is 0 Å². The maximum atomic E-state index is 10.9. The second-order valence-corrected chi connectivity index (χ2v) is 4.31. The van der Waals surface area contributed by atoms with Gasteiger partial charge in [0.25, 0.3) is 0 Å². The summed E-state index contributed by atoms with van der Waals surface area (Å²) in [7, 11) is 0. The molecule has 3 N–H and O–H groups in total. The number of aliphatic hydroxyl groups is 2. The summed E-state index contributed by atoms with van der Waals surface area (Å²) >= 11 is 0. The minimum atomic E-state index is -1.54. The summed E-state index contributed by atoms with van der Waals surface area (Å²) in [6.07, 6.45) is -5.65. The molecule has 0 aromatic carbocycles. The first-order chi connectivity index (χ1) is 8.54. The molecule has 0 radical (unpaired) electrons. The Kier molecular flexibility index (Phi) is 3.69. The van der Waals surface area contributed by atoms with Crippen LogP contribution < -0.4 is 0 Å². The van der Waals surface area contributed by atoms with E-state index >= 15 is 0 Å². The van der Waals surface area contributed by atoms with E-state index in [-0.39, 0.29) is 13.0 Å². The number of rotatable bonds is 2. The van der Waals surface area contributed by atoms with Gasteiger partial charge in [-0.2, -0.15) is 0 Å². The average Bonchev–Trinajstić information content (AvgIpc) is 2.33. The smallest absolute Gasteiger partial charge is 0.335 e. The van der Waals surface area contributed by atoms with Crippen molar-refractivity contribution < 1.29 is 29.6 Å². The van der Waals surface area contributed by atoms with Crippen LogP contribution in [0.3, 0.4) is 0 Å². The molecule has 0 amide bonds. The minimum Gasteiger partial charge on any atom is -0.479 e. The number of azide groups is 1. The van der Waals surface area contributed by atoms with Crippen molar-refractivity contribution in [2.75, 3.05) is 6.61 Å². The maximum Gasteiger partial charge on any atom is 0.335 e. The Labute approximate surface area is 102 Å². The highest BCUT2D eigenvalue weighted by Gasteiger charge is 2.50. The van der Waals surface area contributed by atoms with Gasteiger partial charge in [-0.05, 0) is 12.0 Å². The molecule has 6 atom stereocenters. The number of aliphatic carboxylic acids is 1. The zero-order valence-electron chi connectivity index (χ0n) is 9.29. The highest BCUT2D eigenvalue weighted by molar-refractivity contribution is 5.73. The largest absolute Gasteiger partial charge is 0.479 e. The fourth-order valence-electron chi connectivity index (χ4n) is 2.25. The Balaban J connectivity index is 2.12. The van der Waals surface area contributed by atoms with Crippen LogP contribution in [0.4, 0.5) is 0 Å². The van der Waals surface area contributed by atoms with E-state index in [1.165, 1.54) is 0 Å². The van der Waals surface area contributed by atoms with Gasteiger partial charge in [0, 0.05) is 4.91 Å². The number of fused-ring (bicyclic) bond motifs is 1. The molecule has 2 rings (SSSR count). The van der Waals surface area contributed by atoms with Crippen LogP contribution in [0, 0.1) is 0 Å². The molecule has 2 heterocycles. The molecule has 2 aliphatic rings. The molecule has 0 saturated carbocycles. The number of hydrogen-bond acceptors (Lipinski definition) is 6. The van der Waals surface area contributed by atoms with Crippen molar-refractivity contribution in [3.63, 3.8) is 0 Å². The van der Waals surface area contributed by atoms with Crippen molar-refractivity contribution in [3.8, 4) is 0 Å². The SMILES string of the molecule is [N-]=[N+]=N[C@@H]1CO[C@@H]2[C@@H](O)[C@H](O)[C@@H](C(=O)O)O[C@@H]2C1. The first kappa shape index (κ1) is 13.1.